The van der Waals surface area contributed by atoms with E-state index < -0.39 is 0 Å². The van der Waals surface area contributed by atoms with Crippen molar-refractivity contribution in [1.29, 1.82) is 0 Å². The fourth-order valence-electron chi connectivity index (χ4n) is 4.07. The van der Waals surface area contributed by atoms with E-state index in [4.69, 9.17) is 37.7 Å². The van der Waals surface area contributed by atoms with Crippen molar-refractivity contribution < 1.29 is 14.3 Å². The quantitative estimate of drug-likeness (QED) is 0.187. The van der Waals surface area contributed by atoms with Gasteiger partial charge in [0.15, 0.2) is 0 Å². The highest BCUT2D eigenvalue weighted by Gasteiger charge is 2.13. The Hall–Kier alpha value is -4.06. The van der Waals surface area contributed by atoms with Crippen LogP contribution in [0.3, 0.4) is 0 Å². The summed E-state index contributed by atoms with van der Waals surface area (Å²) in [7, 11) is 1.36. The van der Waals surface area contributed by atoms with Crippen molar-refractivity contribution in [3.05, 3.63) is 118 Å². The SMILES string of the molecule is COC(=O)Cn1cc(-c2ccc(Cl)cc2Cl)nc1C=Cc1ccc2cc(OCc3ccccc3)ccc2c1. The molecular formula is C31H24Cl2N2O3. The maximum absolute atomic E-state index is 12.0. The van der Waals surface area contributed by atoms with Crippen LogP contribution in [0.4, 0.5) is 0 Å². The molecule has 190 valence electrons. The molecule has 5 aromatic rings. The van der Waals surface area contributed by atoms with Gasteiger partial charge in [-0.3, -0.25) is 4.79 Å². The van der Waals surface area contributed by atoms with Gasteiger partial charge >= 0.3 is 5.97 Å². The van der Waals surface area contributed by atoms with Gasteiger partial charge in [-0.2, -0.15) is 0 Å². The zero-order valence-corrected chi connectivity index (χ0v) is 22.1. The highest BCUT2D eigenvalue weighted by Crippen LogP contribution is 2.30. The Morgan fingerprint density at radius 1 is 0.921 bits per heavy atom. The van der Waals surface area contributed by atoms with Crippen LogP contribution in [-0.4, -0.2) is 22.6 Å². The largest absolute Gasteiger partial charge is 0.489 e. The Labute approximate surface area is 230 Å². The number of imidazole rings is 1. The second-order valence-corrected chi connectivity index (χ2v) is 9.53. The van der Waals surface area contributed by atoms with Crippen molar-refractivity contribution in [3.63, 3.8) is 0 Å². The summed E-state index contributed by atoms with van der Waals surface area (Å²) in [6.45, 7) is 0.548. The van der Waals surface area contributed by atoms with Crippen molar-refractivity contribution in [2.45, 2.75) is 13.2 Å². The van der Waals surface area contributed by atoms with Crippen LogP contribution in [0.15, 0.2) is 91.1 Å². The second-order valence-electron chi connectivity index (χ2n) is 8.69. The lowest BCUT2D eigenvalue weighted by molar-refractivity contribution is -0.141. The molecule has 7 heteroatoms. The molecule has 5 rings (SSSR count). The minimum absolute atomic E-state index is 0.0257. The van der Waals surface area contributed by atoms with Crippen LogP contribution in [-0.2, 0) is 22.7 Å². The number of ether oxygens (including phenoxy) is 2. The predicted molar refractivity (Wildman–Crippen MR) is 153 cm³/mol. The lowest BCUT2D eigenvalue weighted by Gasteiger charge is -2.08. The van der Waals surface area contributed by atoms with Crippen LogP contribution >= 0.6 is 23.2 Å². The minimum Gasteiger partial charge on any atom is -0.489 e. The number of carbonyl (C=O) groups is 1. The van der Waals surface area contributed by atoms with Crippen molar-refractivity contribution in [3.8, 4) is 17.0 Å². The van der Waals surface area contributed by atoms with Crippen LogP contribution in [0, 0.1) is 0 Å². The average Bonchev–Trinajstić information content (AvgIpc) is 3.32. The molecule has 4 aromatic carbocycles. The Morgan fingerprint density at radius 3 is 2.50 bits per heavy atom. The van der Waals surface area contributed by atoms with Crippen molar-refractivity contribution in [2.75, 3.05) is 7.11 Å². The number of hydrogen-bond donors (Lipinski definition) is 0. The van der Waals surface area contributed by atoms with Crippen molar-refractivity contribution in [2.24, 2.45) is 0 Å². The van der Waals surface area contributed by atoms with E-state index >= 15 is 0 Å². The average molecular weight is 543 g/mol. The second kappa shape index (κ2) is 11.5. The number of rotatable bonds is 8. The summed E-state index contributed by atoms with van der Waals surface area (Å²) in [5.41, 5.74) is 3.48. The third-order valence-electron chi connectivity index (χ3n) is 6.05. The Morgan fingerprint density at radius 2 is 1.71 bits per heavy atom. The van der Waals surface area contributed by atoms with E-state index in [9.17, 15) is 4.79 Å². The molecule has 1 heterocycles. The van der Waals surface area contributed by atoms with E-state index in [2.05, 4.69) is 12.1 Å². The van der Waals surface area contributed by atoms with Gasteiger partial charge in [-0.05, 0) is 64.4 Å². The summed E-state index contributed by atoms with van der Waals surface area (Å²) in [5, 5.41) is 3.20. The Balaban J connectivity index is 1.38. The molecule has 0 N–H and O–H groups in total. The zero-order chi connectivity index (χ0) is 26.5. The molecule has 0 atom stereocenters. The number of nitrogens with zero attached hydrogens (tertiary/aromatic N) is 2. The maximum atomic E-state index is 12.0. The molecule has 0 radical (unpaired) electrons. The number of hydrogen-bond acceptors (Lipinski definition) is 4. The summed E-state index contributed by atoms with van der Waals surface area (Å²) in [6, 6.07) is 27.6. The molecule has 0 fully saturated rings. The first-order chi connectivity index (χ1) is 18.5. The zero-order valence-electron chi connectivity index (χ0n) is 20.6. The number of methoxy groups -OCH3 is 1. The van der Waals surface area contributed by atoms with Gasteiger partial charge in [-0.25, -0.2) is 4.98 Å². The van der Waals surface area contributed by atoms with E-state index in [0.717, 1.165) is 33.2 Å². The molecule has 0 aliphatic heterocycles. The molecule has 0 aliphatic rings. The number of carbonyl (C=O) groups excluding carboxylic acids is 1. The molecule has 0 aliphatic carbocycles. The standard InChI is InChI=1S/C31H24Cl2N2O3/c1-37-31(36)19-35-18-29(27-13-11-25(32)17-28(27)33)34-30(35)14-8-21-7-9-24-16-26(12-10-23(24)15-21)38-20-22-5-3-2-4-6-22/h2-18H,19-20H2,1H3. The predicted octanol–water partition coefficient (Wildman–Crippen LogP) is 7.93. The van der Waals surface area contributed by atoms with Gasteiger partial charge < -0.3 is 14.0 Å². The molecule has 0 bridgehead atoms. The van der Waals surface area contributed by atoms with Crippen LogP contribution in [0.2, 0.25) is 10.0 Å². The normalized spacial score (nSPS) is 11.2. The molecule has 0 spiro atoms. The topological polar surface area (TPSA) is 53.4 Å². The van der Waals surface area contributed by atoms with E-state index in [1.165, 1.54) is 7.11 Å². The lowest BCUT2D eigenvalue weighted by atomic mass is 10.1. The van der Waals surface area contributed by atoms with Crippen LogP contribution in [0.5, 0.6) is 5.75 Å². The molecule has 5 nitrogen and oxygen atoms in total. The van der Waals surface area contributed by atoms with Gasteiger partial charge in [0.2, 0.25) is 0 Å². The van der Waals surface area contributed by atoms with Gasteiger partial charge in [0.1, 0.15) is 24.7 Å². The Bertz CT molecular complexity index is 1630. The summed E-state index contributed by atoms with van der Waals surface area (Å²) in [5.74, 6) is 1.05. The molecule has 38 heavy (non-hydrogen) atoms. The number of esters is 1. The van der Waals surface area contributed by atoms with Gasteiger partial charge in [0, 0.05) is 16.8 Å². The van der Waals surface area contributed by atoms with E-state index in [1.807, 2.05) is 72.8 Å². The van der Waals surface area contributed by atoms with E-state index in [1.54, 1.807) is 22.9 Å². The highest BCUT2D eigenvalue weighted by molar-refractivity contribution is 6.36. The summed E-state index contributed by atoms with van der Waals surface area (Å²) in [6.07, 6.45) is 5.61. The third-order valence-corrected chi connectivity index (χ3v) is 6.60. The summed E-state index contributed by atoms with van der Waals surface area (Å²) >= 11 is 12.4. The Kier molecular flexibility index (Phi) is 7.78. The first kappa shape index (κ1) is 25.6. The fraction of sp³-hybridized carbons (Fsp3) is 0.0968. The number of fused-ring (bicyclic) bond motifs is 1. The van der Waals surface area contributed by atoms with Gasteiger partial charge in [0.05, 0.1) is 17.8 Å². The molecule has 0 saturated heterocycles. The van der Waals surface area contributed by atoms with Crippen LogP contribution in [0.1, 0.15) is 17.0 Å². The van der Waals surface area contributed by atoms with Crippen LogP contribution < -0.4 is 4.74 Å². The molecule has 0 amide bonds. The number of halogens is 2. The van der Waals surface area contributed by atoms with Gasteiger partial charge in [-0.1, -0.05) is 77.8 Å². The summed E-state index contributed by atoms with van der Waals surface area (Å²) < 4.78 is 12.6. The van der Waals surface area contributed by atoms with E-state index in [-0.39, 0.29) is 12.5 Å². The third kappa shape index (κ3) is 6.08. The first-order valence-electron chi connectivity index (χ1n) is 12.0. The minimum atomic E-state index is -0.373. The van der Waals surface area contributed by atoms with Crippen LogP contribution in [0.25, 0.3) is 34.2 Å². The monoisotopic (exact) mass is 542 g/mol. The number of aromatic nitrogens is 2. The maximum Gasteiger partial charge on any atom is 0.325 e. The molecule has 0 unspecified atom stereocenters. The van der Waals surface area contributed by atoms with Gasteiger partial charge in [0.25, 0.3) is 0 Å². The lowest BCUT2D eigenvalue weighted by Crippen LogP contribution is -2.11. The number of benzene rings is 4. The molecular weight excluding hydrogens is 519 g/mol. The molecule has 1 aromatic heterocycles. The summed E-state index contributed by atoms with van der Waals surface area (Å²) in [4.78, 5) is 16.7. The fourth-order valence-corrected chi connectivity index (χ4v) is 4.57. The van der Waals surface area contributed by atoms with Crippen molar-refractivity contribution in [1.82, 2.24) is 9.55 Å². The highest BCUT2D eigenvalue weighted by atomic mass is 35.5. The van der Waals surface area contributed by atoms with Gasteiger partial charge in [-0.15, -0.1) is 0 Å². The van der Waals surface area contributed by atoms with Crippen molar-refractivity contribution >= 4 is 52.1 Å². The first-order valence-corrected chi connectivity index (χ1v) is 12.7. The van der Waals surface area contributed by atoms with E-state index in [0.29, 0.717) is 28.2 Å². The molecule has 0 saturated carbocycles. The smallest absolute Gasteiger partial charge is 0.325 e.